The molecule has 0 atom stereocenters. The fraction of sp³-hybridized carbons (Fsp3) is 0.250. The molecular formula is C12H15N5OS. The third kappa shape index (κ3) is 3.47. The third-order valence-corrected chi connectivity index (χ3v) is 3.24. The van der Waals surface area contributed by atoms with Crippen molar-refractivity contribution >= 4 is 23.3 Å². The molecule has 0 saturated heterocycles. The SMILES string of the molecule is CCCc1cc(=O)[nH]c(Sc2ccc(N)c(N)n2)n1. The molecule has 2 aromatic heterocycles. The molecule has 0 aromatic carbocycles. The van der Waals surface area contributed by atoms with Crippen LogP contribution in [0.5, 0.6) is 0 Å². The molecular weight excluding hydrogens is 262 g/mol. The molecule has 0 spiro atoms. The molecule has 0 saturated carbocycles. The van der Waals surface area contributed by atoms with Gasteiger partial charge in [-0.3, -0.25) is 4.79 Å². The summed E-state index contributed by atoms with van der Waals surface area (Å²) in [7, 11) is 0. The number of pyridine rings is 1. The normalized spacial score (nSPS) is 10.6. The van der Waals surface area contributed by atoms with E-state index in [1.54, 1.807) is 12.1 Å². The fourth-order valence-corrected chi connectivity index (χ4v) is 2.33. The molecule has 2 heterocycles. The lowest BCUT2D eigenvalue weighted by molar-refractivity contribution is 0.815. The van der Waals surface area contributed by atoms with Crippen molar-refractivity contribution in [1.82, 2.24) is 15.0 Å². The van der Waals surface area contributed by atoms with Crippen LogP contribution >= 0.6 is 11.8 Å². The molecule has 5 N–H and O–H groups in total. The molecule has 0 aliphatic carbocycles. The maximum Gasteiger partial charge on any atom is 0.251 e. The average Bonchev–Trinajstić information content (AvgIpc) is 2.33. The zero-order chi connectivity index (χ0) is 13.8. The number of anilines is 2. The number of nitrogens with two attached hydrogens (primary N) is 2. The second kappa shape index (κ2) is 5.75. The number of aromatic nitrogens is 3. The predicted octanol–water partition coefficient (Wildman–Crippen LogP) is 1.43. The number of nitrogens with one attached hydrogen (secondary N) is 1. The van der Waals surface area contributed by atoms with Gasteiger partial charge in [0.15, 0.2) is 5.16 Å². The van der Waals surface area contributed by atoms with Gasteiger partial charge < -0.3 is 16.5 Å². The van der Waals surface area contributed by atoms with Crippen LogP contribution in [0.4, 0.5) is 11.5 Å². The molecule has 6 nitrogen and oxygen atoms in total. The quantitative estimate of drug-likeness (QED) is 0.729. The Kier molecular flexibility index (Phi) is 4.06. The van der Waals surface area contributed by atoms with E-state index in [9.17, 15) is 4.79 Å². The summed E-state index contributed by atoms with van der Waals surface area (Å²) in [5.74, 6) is 0.275. The lowest BCUT2D eigenvalue weighted by Gasteiger charge is -2.04. The summed E-state index contributed by atoms with van der Waals surface area (Å²) >= 11 is 1.25. The third-order valence-electron chi connectivity index (χ3n) is 2.41. The maximum absolute atomic E-state index is 11.5. The molecule has 7 heteroatoms. The van der Waals surface area contributed by atoms with E-state index in [-0.39, 0.29) is 11.4 Å². The highest BCUT2D eigenvalue weighted by Gasteiger charge is 2.06. The van der Waals surface area contributed by atoms with Crippen molar-refractivity contribution in [2.45, 2.75) is 29.9 Å². The molecule has 0 fully saturated rings. The predicted molar refractivity (Wildman–Crippen MR) is 76.0 cm³/mol. The number of nitrogens with zero attached hydrogens (tertiary/aromatic N) is 2. The summed E-state index contributed by atoms with van der Waals surface area (Å²) < 4.78 is 0. The van der Waals surface area contributed by atoms with Gasteiger partial charge in [-0.15, -0.1) is 0 Å². The van der Waals surface area contributed by atoms with E-state index in [1.807, 2.05) is 6.92 Å². The number of rotatable bonds is 4. The standard InChI is InChI=1S/C12H15N5OS/c1-2-3-7-6-9(18)16-12(15-7)19-10-5-4-8(13)11(14)17-10/h4-6H,2-3,13H2,1H3,(H2,14,17)(H,15,16,18). The Balaban J connectivity index is 2.27. The van der Waals surface area contributed by atoms with Crippen molar-refractivity contribution in [3.63, 3.8) is 0 Å². The summed E-state index contributed by atoms with van der Waals surface area (Å²) in [6.45, 7) is 2.04. The molecule has 2 rings (SSSR count). The van der Waals surface area contributed by atoms with Crippen LogP contribution in [0, 0.1) is 0 Å². The monoisotopic (exact) mass is 277 g/mol. The Morgan fingerprint density at radius 2 is 2.11 bits per heavy atom. The van der Waals surface area contributed by atoms with Gasteiger partial charge in [-0.2, -0.15) is 0 Å². The highest BCUT2D eigenvalue weighted by molar-refractivity contribution is 7.99. The second-order valence-corrected chi connectivity index (χ2v) is 5.03. The van der Waals surface area contributed by atoms with Crippen LogP contribution in [0.2, 0.25) is 0 Å². The van der Waals surface area contributed by atoms with Crippen LogP contribution in [0.3, 0.4) is 0 Å². The fourth-order valence-electron chi connectivity index (χ4n) is 1.54. The lowest BCUT2D eigenvalue weighted by Crippen LogP contribution is -2.10. The molecule has 0 amide bonds. The number of aromatic amines is 1. The summed E-state index contributed by atoms with van der Waals surface area (Å²) in [6, 6.07) is 4.93. The van der Waals surface area contributed by atoms with Gasteiger partial charge in [0.2, 0.25) is 0 Å². The topological polar surface area (TPSA) is 111 Å². The first-order chi connectivity index (χ1) is 9.08. The van der Waals surface area contributed by atoms with E-state index in [0.717, 1.165) is 18.5 Å². The number of hydrogen-bond donors (Lipinski definition) is 3. The van der Waals surface area contributed by atoms with Gasteiger partial charge in [0, 0.05) is 11.8 Å². The van der Waals surface area contributed by atoms with E-state index in [0.29, 0.717) is 15.9 Å². The first kappa shape index (κ1) is 13.4. The Bertz CT molecular complexity index is 640. The van der Waals surface area contributed by atoms with Crippen LogP contribution in [0.1, 0.15) is 19.0 Å². The number of nitrogen functional groups attached to an aromatic ring is 2. The Morgan fingerprint density at radius 3 is 2.79 bits per heavy atom. The van der Waals surface area contributed by atoms with Gasteiger partial charge in [-0.1, -0.05) is 13.3 Å². The molecule has 2 aromatic rings. The van der Waals surface area contributed by atoms with Gasteiger partial charge in [0.1, 0.15) is 10.8 Å². The number of aryl methyl sites for hydroxylation is 1. The molecule has 100 valence electrons. The van der Waals surface area contributed by atoms with Crippen molar-refractivity contribution in [3.05, 3.63) is 34.2 Å². The second-order valence-electron chi connectivity index (χ2n) is 4.02. The molecule has 0 unspecified atom stereocenters. The Morgan fingerprint density at radius 1 is 1.32 bits per heavy atom. The molecule has 0 radical (unpaired) electrons. The Labute approximate surface area is 114 Å². The van der Waals surface area contributed by atoms with Crippen LogP contribution in [0.25, 0.3) is 0 Å². The van der Waals surface area contributed by atoms with E-state index in [4.69, 9.17) is 11.5 Å². The van der Waals surface area contributed by atoms with Gasteiger partial charge in [0.05, 0.1) is 5.69 Å². The first-order valence-electron chi connectivity index (χ1n) is 5.88. The first-order valence-corrected chi connectivity index (χ1v) is 6.70. The van der Waals surface area contributed by atoms with Crippen LogP contribution < -0.4 is 17.0 Å². The average molecular weight is 277 g/mol. The van der Waals surface area contributed by atoms with E-state index >= 15 is 0 Å². The molecule has 0 bridgehead atoms. The zero-order valence-corrected chi connectivity index (χ0v) is 11.3. The summed E-state index contributed by atoms with van der Waals surface area (Å²) in [4.78, 5) is 22.7. The molecule has 19 heavy (non-hydrogen) atoms. The van der Waals surface area contributed by atoms with Gasteiger partial charge in [-0.25, -0.2) is 9.97 Å². The Hall–Kier alpha value is -2.02. The van der Waals surface area contributed by atoms with Crippen molar-refractivity contribution < 1.29 is 0 Å². The smallest absolute Gasteiger partial charge is 0.251 e. The van der Waals surface area contributed by atoms with Crippen LogP contribution in [-0.4, -0.2) is 15.0 Å². The largest absolute Gasteiger partial charge is 0.396 e. The maximum atomic E-state index is 11.5. The minimum absolute atomic E-state index is 0.163. The van der Waals surface area contributed by atoms with Crippen LogP contribution in [-0.2, 0) is 6.42 Å². The van der Waals surface area contributed by atoms with Gasteiger partial charge >= 0.3 is 0 Å². The zero-order valence-electron chi connectivity index (χ0n) is 10.5. The van der Waals surface area contributed by atoms with Crippen molar-refractivity contribution in [1.29, 1.82) is 0 Å². The van der Waals surface area contributed by atoms with Crippen LogP contribution in [0.15, 0.2) is 33.2 Å². The summed E-state index contributed by atoms with van der Waals surface area (Å²) in [6.07, 6.45) is 1.71. The highest BCUT2D eigenvalue weighted by Crippen LogP contribution is 2.24. The molecule has 0 aliphatic rings. The lowest BCUT2D eigenvalue weighted by atomic mass is 10.2. The van der Waals surface area contributed by atoms with Gasteiger partial charge in [0.25, 0.3) is 5.56 Å². The van der Waals surface area contributed by atoms with Crippen molar-refractivity contribution in [3.8, 4) is 0 Å². The minimum atomic E-state index is -0.163. The molecule has 0 aliphatic heterocycles. The van der Waals surface area contributed by atoms with E-state index < -0.39 is 0 Å². The van der Waals surface area contributed by atoms with Crippen molar-refractivity contribution in [2.75, 3.05) is 11.5 Å². The number of H-pyrrole nitrogens is 1. The summed E-state index contributed by atoms with van der Waals surface area (Å²) in [5.41, 5.74) is 12.3. The highest BCUT2D eigenvalue weighted by atomic mass is 32.2. The van der Waals surface area contributed by atoms with E-state index in [2.05, 4.69) is 15.0 Å². The van der Waals surface area contributed by atoms with Gasteiger partial charge in [-0.05, 0) is 30.3 Å². The summed E-state index contributed by atoms with van der Waals surface area (Å²) in [5, 5.41) is 1.15. The van der Waals surface area contributed by atoms with E-state index in [1.165, 1.54) is 17.8 Å². The van der Waals surface area contributed by atoms with Crippen molar-refractivity contribution in [2.24, 2.45) is 0 Å². The minimum Gasteiger partial charge on any atom is -0.396 e. The number of hydrogen-bond acceptors (Lipinski definition) is 6.